The van der Waals surface area contributed by atoms with Crippen molar-refractivity contribution in [3.63, 3.8) is 0 Å². The van der Waals surface area contributed by atoms with Gasteiger partial charge in [-0.05, 0) is 104 Å². The van der Waals surface area contributed by atoms with Gasteiger partial charge >= 0.3 is 0 Å². The molecule has 1 aromatic carbocycles. The van der Waals surface area contributed by atoms with Crippen molar-refractivity contribution in [2.75, 3.05) is 7.05 Å². The fourth-order valence-electron chi connectivity index (χ4n) is 5.49. The van der Waals surface area contributed by atoms with E-state index in [0.29, 0.717) is 6.42 Å². The second-order valence-corrected chi connectivity index (χ2v) is 11.4. The van der Waals surface area contributed by atoms with E-state index in [4.69, 9.17) is 0 Å². The Hall–Kier alpha value is -4.17. The second kappa shape index (κ2) is 10.9. The zero-order valence-electron chi connectivity index (χ0n) is 23.3. The van der Waals surface area contributed by atoms with Crippen molar-refractivity contribution >= 4 is 23.1 Å². The topological polar surface area (TPSA) is 72.8 Å². The lowest BCUT2D eigenvalue weighted by Crippen LogP contribution is -2.24. The maximum absolute atomic E-state index is 12.9. The number of nitrogens with one attached hydrogen (secondary N) is 1. The van der Waals surface area contributed by atoms with Gasteiger partial charge in [-0.2, -0.15) is 5.26 Å². The maximum atomic E-state index is 12.9. The molecule has 0 spiro atoms. The number of rotatable bonds is 4. The van der Waals surface area contributed by atoms with Crippen molar-refractivity contribution in [1.82, 2.24) is 14.9 Å². The Morgan fingerprint density at radius 2 is 1.82 bits per heavy atom. The van der Waals surface area contributed by atoms with Crippen LogP contribution in [0.2, 0.25) is 0 Å². The molecule has 5 nitrogen and oxygen atoms in total. The monoisotopic (exact) mass is 516 g/mol. The molecule has 39 heavy (non-hydrogen) atoms. The van der Waals surface area contributed by atoms with E-state index < -0.39 is 5.41 Å². The molecule has 3 aromatic rings. The number of aryl methyl sites for hydroxylation is 1. The van der Waals surface area contributed by atoms with Gasteiger partial charge in [0.05, 0.1) is 11.5 Å². The molecule has 1 amide bonds. The summed E-state index contributed by atoms with van der Waals surface area (Å²) in [6.45, 7) is 6.06. The third kappa shape index (κ3) is 5.81. The number of nitrogens with zero attached hydrogens (tertiary/aromatic N) is 3. The highest BCUT2D eigenvalue weighted by Gasteiger charge is 2.24. The average Bonchev–Trinajstić information content (AvgIpc) is 3.37. The summed E-state index contributed by atoms with van der Waals surface area (Å²) in [6, 6.07) is 15.1. The highest BCUT2D eigenvalue weighted by atomic mass is 16.2. The van der Waals surface area contributed by atoms with Crippen LogP contribution in [0.5, 0.6) is 0 Å². The Balaban J connectivity index is 1.50. The molecular weight excluding hydrogens is 480 g/mol. The minimum Gasteiger partial charge on any atom is -0.364 e. The average molecular weight is 517 g/mol. The van der Waals surface area contributed by atoms with Gasteiger partial charge in [0, 0.05) is 49.5 Å². The molecule has 0 fully saturated rings. The first kappa shape index (κ1) is 26.4. The lowest BCUT2D eigenvalue weighted by Gasteiger charge is -2.26. The Morgan fingerprint density at radius 1 is 1.05 bits per heavy atom. The first-order valence-electron chi connectivity index (χ1n) is 13.7. The van der Waals surface area contributed by atoms with Gasteiger partial charge in [0.15, 0.2) is 0 Å². The molecule has 5 heteroatoms. The molecule has 0 radical (unpaired) electrons. The summed E-state index contributed by atoms with van der Waals surface area (Å²) in [6.07, 6.45) is 16.5. The van der Waals surface area contributed by atoms with Gasteiger partial charge in [-0.3, -0.25) is 9.78 Å². The largest absolute Gasteiger partial charge is 0.364 e. The van der Waals surface area contributed by atoms with Crippen LogP contribution in [0.1, 0.15) is 85.9 Å². The summed E-state index contributed by atoms with van der Waals surface area (Å²) in [4.78, 5) is 22.6. The number of aromatic nitrogens is 2. The number of allylic oxidation sites excluding steroid dienone is 4. The number of carbonyl (C=O) groups is 1. The number of pyridine rings is 1. The summed E-state index contributed by atoms with van der Waals surface area (Å²) >= 11 is 0. The Labute approximate surface area is 231 Å². The highest BCUT2D eigenvalue weighted by Crippen LogP contribution is 2.37. The Bertz CT molecular complexity index is 1510. The van der Waals surface area contributed by atoms with Crippen LogP contribution in [0.3, 0.4) is 0 Å². The molecule has 2 aliphatic rings. The number of carbonyl (C=O) groups excluding carboxylic acids is 1. The minimum absolute atomic E-state index is 0.116. The lowest BCUT2D eigenvalue weighted by atomic mass is 9.82. The molecule has 3 heterocycles. The SMILES string of the molecule is CC1=CC(c2cncc(C3=CN(C)C(=O)CCC(c4ccc(C(C)(C)C#N)cc4)C3)c2)=Cc2cc[nH]c2CC1. The van der Waals surface area contributed by atoms with E-state index in [9.17, 15) is 10.1 Å². The van der Waals surface area contributed by atoms with Gasteiger partial charge in [0.2, 0.25) is 5.91 Å². The van der Waals surface area contributed by atoms with E-state index in [1.807, 2.05) is 45.7 Å². The molecular formula is C34H36N4O. The van der Waals surface area contributed by atoms with Crippen LogP contribution in [0.4, 0.5) is 0 Å². The summed E-state index contributed by atoms with van der Waals surface area (Å²) < 4.78 is 0. The second-order valence-electron chi connectivity index (χ2n) is 11.4. The van der Waals surface area contributed by atoms with E-state index in [-0.39, 0.29) is 11.8 Å². The molecule has 5 rings (SSSR count). The van der Waals surface area contributed by atoms with Crippen LogP contribution in [0.25, 0.3) is 17.2 Å². The standard InChI is InChI=1S/C34H36N4O/c1-23-5-11-32-26(13-14-37-32)17-27(15-23)28-18-29(20-36-19-28)30-16-25(8-12-33(39)38(4)21-30)24-6-9-31(10-7-24)34(2,3)22-35/h6-7,9-10,13-15,17-21,25,37H,5,8,11-12,16H2,1-4H3. The van der Waals surface area contributed by atoms with Gasteiger partial charge in [-0.1, -0.05) is 35.9 Å². The number of fused-ring (bicyclic) bond motifs is 1. The maximum Gasteiger partial charge on any atom is 0.226 e. The van der Waals surface area contributed by atoms with Gasteiger partial charge in [0.25, 0.3) is 0 Å². The quantitative estimate of drug-likeness (QED) is 0.392. The molecule has 1 atom stereocenters. The Kier molecular flexibility index (Phi) is 7.39. The van der Waals surface area contributed by atoms with Gasteiger partial charge in [-0.15, -0.1) is 0 Å². The fraction of sp³-hybridized carbons (Fsp3) is 0.324. The number of nitriles is 1. The lowest BCUT2D eigenvalue weighted by molar-refractivity contribution is -0.127. The van der Waals surface area contributed by atoms with Crippen molar-refractivity contribution < 1.29 is 4.79 Å². The first-order chi connectivity index (χ1) is 18.7. The molecule has 0 saturated heterocycles. The molecule has 0 saturated carbocycles. The number of hydrogen-bond donors (Lipinski definition) is 1. The van der Waals surface area contributed by atoms with Crippen LogP contribution >= 0.6 is 0 Å². The van der Waals surface area contributed by atoms with Crippen molar-refractivity contribution in [3.05, 3.63) is 106 Å². The van der Waals surface area contributed by atoms with Crippen molar-refractivity contribution in [3.8, 4) is 6.07 Å². The highest BCUT2D eigenvalue weighted by molar-refractivity contribution is 5.89. The summed E-state index contributed by atoms with van der Waals surface area (Å²) in [5, 5.41) is 9.53. The predicted octanol–water partition coefficient (Wildman–Crippen LogP) is 7.41. The molecule has 1 unspecified atom stereocenters. The van der Waals surface area contributed by atoms with Crippen LogP contribution in [0, 0.1) is 11.3 Å². The smallest absolute Gasteiger partial charge is 0.226 e. The first-order valence-corrected chi connectivity index (χ1v) is 13.7. The van der Waals surface area contributed by atoms with Gasteiger partial charge in [0.1, 0.15) is 0 Å². The van der Waals surface area contributed by atoms with E-state index in [0.717, 1.165) is 53.5 Å². The van der Waals surface area contributed by atoms with Crippen molar-refractivity contribution in [2.45, 2.75) is 64.2 Å². The number of benzene rings is 1. The molecule has 2 aromatic heterocycles. The number of amides is 1. The number of hydrogen-bond acceptors (Lipinski definition) is 3. The number of aromatic amines is 1. The van der Waals surface area contributed by atoms with Crippen LogP contribution < -0.4 is 0 Å². The normalized spacial score (nSPS) is 18.4. The number of H-pyrrole nitrogens is 1. The van der Waals surface area contributed by atoms with Crippen molar-refractivity contribution in [2.24, 2.45) is 0 Å². The van der Waals surface area contributed by atoms with Gasteiger partial charge in [-0.25, -0.2) is 0 Å². The van der Waals surface area contributed by atoms with E-state index in [1.165, 1.54) is 22.4 Å². The summed E-state index contributed by atoms with van der Waals surface area (Å²) in [5.41, 5.74) is 9.83. The van der Waals surface area contributed by atoms with Crippen LogP contribution in [-0.2, 0) is 16.6 Å². The molecule has 1 aliphatic heterocycles. The zero-order chi connectivity index (χ0) is 27.6. The predicted molar refractivity (Wildman–Crippen MR) is 157 cm³/mol. The third-order valence-corrected chi connectivity index (χ3v) is 8.09. The van der Waals surface area contributed by atoms with Crippen LogP contribution in [-0.4, -0.2) is 27.8 Å². The van der Waals surface area contributed by atoms with Crippen LogP contribution in [0.15, 0.2) is 72.8 Å². The van der Waals surface area contributed by atoms with E-state index >= 15 is 0 Å². The minimum atomic E-state index is -0.533. The summed E-state index contributed by atoms with van der Waals surface area (Å²) in [7, 11) is 1.84. The van der Waals surface area contributed by atoms with Gasteiger partial charge < -0.3 is 9.88 Å². The zero-order valence-corrected chi connectivity index (χ0v) is 23.3. The Morgan fingerprint density at radius 3 is 2.59 bits per heavy atom. The van der Waals surface area contributed by atoms with Crippen molar-refractivity contribution in [1.29, 1.82) is 5.26 Å². The van der Waals surface area contributed by atoms with E-state index in [2.05, 4.69) is 71.5 Å². The molecule has 1 aliphatic carbocycles. The summed E-state index contributed by atoms with van der Waals surface area (Å²) in [5.74, 6) is 0.312. The molecule has 198 valence electrons. The third-order valence-electron chi connectivity index (χ3n) is 8.09. The molecule has 0 bridgehead atoms. The fourth-order valence-corrected chi connectivity index (χ4v) is 5.49. The van der Waals surface area contributed by atoms with E-state index in [1.54, 1.807) is 4.90 Å². The molecule has 1 N–H and O–H groups in total.